The number of anilines is 3. The second kappa shape index (κ2) is 13.6. The van der Waals surface area contributed by atoms with Crippen LogP contribution in [0.4, 0.5) is 17.1 Å². The highest BCUT2D eigenvalue weighted by molar-refractivity contribution is 6.09. The summed E-state index contributed by atoms with van der Waals surface area (Å²) in [5.41, 5.74) is 1.30. The third kappa shape index (κ3) is 6.17. The number of fused-ring (bicyclic) bond motifs is 3. The lowest BCUT2D eigenvalue weighted by atomic mass is 9.70. The number of carbonyl (C=O) groups excluding carboxylic acids is 3. The van der Waals surface area contributed by atoms with E-state index in [1.807, 2.05) is 110 Å². The molecule has 4 atom stereocenters. The van der Waals surface area contributed by atoms with Gasteiger partial charge in [0.05, 0.1) is 42.7 Å². The van der Waals surface area contributed by atoms with Gasteiger partial charge in [-0.2, -0.15) is 0 Å². The van der Waals surface area contributed by atoms with E-state index < -0.39 is 29.1 Å². The van der Waals surface area contributed by atoms with E-state index >= 15 is 4.79 Å². The molecule has 7 rings (SSSR count). The fraction of sp³-hybridized carbons (Fsp3) is 0.341. The van der Waals surface area contributed by atoms with E-state index in [1.54, 1.807) is 28.5 Å². The van der Waals surface area contributed by atoms with Crippen molar-refractivity contribution < 1.29 is 34.1 Å². The summed E-state index contributed by atoms with van der Waals surface area (Å²) in [4.78, 5) is 47.3. The van der Waals surface area contributed by atoms with Gasteiger partial charge in [-0.25, -0.2) is 0 Å². The lowest BCUT2D eigenvalue weighted by Crippen LogP contribution is -2.46. The first kappa shape index (κ1) is 34.4. The number of nitrogens with zero attached hydrogens (tertiary/aromatic N) is 3. The van der Waals surface area contributed by atoms with E-state index in [1.165, 1.54) is 0 Å². The van der Waals surface area contributed by atoms with Gasteiger partial charge in [-0.05, 0) is 55.3 Å². The molecule has 3 amide bonds. The molecule has 51 heavy (non-hydrogen) atoms. The minimum Gasteiger partial charge on any atom is -0.482 e. The lowest BCUT2D eigenvalue weighted by Gasteiger charge is -2.34. The minimum absolute atomic E-state index is 0.107. The molecule has 1 saturated heterocycles. The van der Waals surface area contributed by atoms with Crippen LogP contribution in [0.1, 0.15) is 43.9 Å². The van der Waals surface area contributed by atoms with Gasteiger partial charge in [-0.3, -0.25) is 19.3 Å². The number of rotatable bonds is 10. The van der Waals surface area contributed by atoms with Crippen LogP contribution in [0.5, 0.6) is 5.75 Å². The number of amides is 3. The van der Waals surface area contributed by atoms with Gasteiger partial charge in [0.2, 0.25) is 5.91 Å². The van der Waals surface area contributed by atoms with Crippen molar-refractivity contribution in [3.63, 3.8) is 0 Å². The Bertz CT molecular complexity index is 1930. The lowest BCUT2D eigenvalue weighted by molar-refractivity contribution is -0.150. The predicted octanol–water partition coefficient (Wildman–Crippen LogP) is 5.32. The zero-order valence-electron chi connectivity index (χ0n) is 29.1. The normalized spacial score (nSPS) is 22.6. The first-order valence-corrected chi connectivity index (χ1v) is 17.4. The Morgan fingerprint density at radius 3 is 2.27 bits per heavy atom. The number of hydrogen-bond acceptors (Lipinski definition) is 7. The van der Waals surface area contributed by atoms with Crippen LogP contribution in [0.15, 0.2) is 103 Å². The molecule has 0 unspecified atom stereocenters. The minimum atomic E-state index is -1.56. The maximum Gasteiger partial charge on any atom is 0.269 e. The fourth-order valence-electron chi connectivity index (χ4n) is 8.23. The molecule has 4 aromatic carbocycles. The van der Waals surface area contributed by atoms with Crippen LogP contribution in [-0.4, -0.2) is 64.3 Å². The van der Waals surface area contributed by atoms with E-state index in [2.05, 4.69) is 0 Å². The smallest absolute Gasteiger partial charge is 0.269 e. The molecule has 4 aromatic rings. The molecule has 0 saturated carbocycles. The SMILES string of the molecule is C[C@H]1[C@H](C(C)(C)O)[C@@H](CC(=O)N(CCO)Cc2ccccc2)O[C@]12C(=O)N(Cc1ccccc1)c1ccc(N3C(=O)COc4ccccc43)cc12. The van der Waals surface area contributed by atoms with Gasteiger partial charge >= 0.3 is 0 Å². The van der Waals surface area contributed by atoms with E-state index in [4.69, 9.17) is 9.47 Å². The summed E-state index contributed by atoms with van der Waals surface area (Å²) >= 11 is 0. The van der Waals surface area contributed by atoms with Crippen molar-refractivity contribution in [3.8, 4) is 5.75 Å². The predicted molar refractivity (Wildman–Crippen MR) is 192 cm³/mol. The maximum absolute atomic E-state index is 15.0. The van der Waals surface area contributed by atoms with Crippen molar-refractivity contribution in [2.75, 3.05) is 29.6 Å². The van der Waals surface area contributed by atoms with Crippen LogP contribution in [0.2, 0.25) is 0 Å². The zero-order chi connectivity index (χ0) is 35.9. The maximum atomic E-state index is 15.0. The average Bonchev–Trinajstić information content (AvgIpc) is 3.54. The van der Waals surface area contributed by atoms with Crippen molar-refractivity contribution in [3.05, 3.63) is 120 Å². The highest BCUT2D eigenvalue weighted by Gasteiger charge is 2.66. The fourth-order valence-corrected chi connectivity index (χ4v) is 8.23. The first-order valence-electron chi connectivity index (χ1n) is 17.4. The van der Waals surface area contributed by atoms with Crippen molar-refractivity contribution in [2.24, 2.45) is 11.8 Å². The molecular formula is C41H43N3O7. The molecule has 3 heterocycles. The molecule has 1 spiro atoms. The Labute approximate surface area is 297 Å². The molecule has 10 nitrogen and oxygen atoms in total. The molecule has 3 aliphatic heterocycles. The zero-order valence-corrected chi connectivity index (χ0v) is 29.1. The van der Waals surface area contributed by atoms with Crippen LogP contribution in [0.3, 0.4) is 0 Å². The third-order valence-corrected chi connectivity index (χ3v) is 10.4. The largest absolute Gasteiger partial charge is 0.482 e. The van der Waals surface area contributed by atoms with Gasteiger partial charge in [0.15, 0.2) is 12.2 Å². The van der Waals surface area contributed by atoms with Crippen LogP contribution < -0.4 is 14.5 Å². The summed E-state index contributed by atoms with van der Waals surface area (Å²) < 4.78 is 12.7. The number of benzene rings is 4. The summed E-state index contributed by atoms with van der Waals surface area (Å²) in [6, 6.07) is 32.0. The summed E-state index contributed by atoms with van der Waals surface area (Å²) in [7, 11) is 0. The second-order valence-corrected chi connectivity index (χ2v) is 14.2. The van der Waals surface area contributed by atoms with Gasteiger partial charge in [0.25, 0.3) is 11.8 Å². The molecule has 2 N–H and O–H groups in total. The highest BCUT2D eigenvalue weighted by atomic mass is 16.5. The molecular weight excluding hydrogens is 646 g/mol. The molecule has 0 radical (unpaired) electrons. The Morgan fingerprint density at radius 1 is 0.922 bits per heavy atom. The van der Waals surface area contributed by atoms with Crippen molar-refractivity contribution in [1.29, 1.82) is 0 Å². The van der Waals surface area contributed by atoms with E-state index in [0.717, 1.165) is 11.1 Å². The van der Waals surface area contributed by atoms with Crippen molar-refractivity contribution in [1.82, 2.24) is 4.90 Å². The number of aliphatic hydroxyl groups is 2. The van der Waals surface area contributed by atoms with Gasteiger partial charge < -0.3 is 29.5 Å². The number of ether oxygens (including phenoxy) is 2. The summed E-state index contributed by atoms with van der Waals surface area (Å²) in [6.07, 6.45) is -0.948. The van der Waals surface area contributed by atoms with E-state index in [-0.39, 0.29) is 50.4 Å². The Kier molecular flexibility index (Phi) is 9.18. The number of para-hydroxylation sites is 2. The Hall–Kier alpha value is -5.03. The first-order chi connectivity index (χ1) is 24.5. The number of carbonyl (C=O) groups is 3. The summed E-state index contributed by atoms with van der Waals surface area (Å²) in [6.45, 7) is 5.62. The summed E-state index contributed by atoms with van der Waals surface area (Å²) in [5.74, 6) is -1.44. The topological polar surface area (TPSA) is 120 Å². The molecule has 264 valence electrons. The quantitative estimate of drug-likeness (QED) is 0.231. The van der Waals surface area contributed by atoms with Crippen LogP contribution in [-0.2, 0) is 37.8 Å². The molecule has 0 aliphatic carbocycles. The highest BCUT2D eigenvalue weighted by Crippen LogP contribution is 2.59. The second-order valence-electron chi connectivity index (χ2n) is 14.2. The third-order valence-electron chi connectivity index (χ3n) is 10.4. The molecule has 0 aromatic heterocycles. The Morgan fingerprint density at radius 2 is 1.59 bits per heavy atom. The molecule has 3 aliphatic rings. The van der Waals surface area contributed by atoms with Gasteiger partial charge in [0.1, 0.15) is 5.75 Å². The van der Waals surface area contributed by atoms with Gasteiger partial charge in [0, 0.05) is 36.2 Å². The number of aliphatic hydroxyl groups excluding tert-OH is 1. The van der Waals surface area contributed by atoms with Crippen LogP contribution in [0.25, 0.3) is 0 Å². The molecule has 10 heteroatoms. The van der Waals surface area contributed by atoms with Crippen molar-refractivity contribution in [2.45, 2.75) is 57.6 Å². The van der Waals surface area contributed by atoms with Crippen LogP contribution in [0, 0.1) is 11.8 Å². The van der Waals surface area contributed by atoms with Crippen molar-refractivity contribution >= 4 is 34.8 Å². The molecule has 1 fully saturated rings. The van der Waals surface area contributed by atoms with Gasteiger partial charge in [-0.15, -0.1) is 0 Å². The summed E-state index contributed by atoms with van der Waals surface area (Å²) in [5, 5.41) is 21.6. The van der Waals surface area contributed by atoms with E-state index in [9.17, 15) is 19.8 Å². The Balaban J connectivity index is 1.31. The number of hydrogen-bond donors (Lipinski definition) is 2. The standard InChI is InChI=1S/C41H43N3O7/c1-27-38(40(2,3)49)35(23-36(46)42(20-21-45)24-28-12-6-4-7-13-28)51-41(27)31-22-30(44-33-16-10-11-17-34(33)50-26-37(44)47)18-19-32(31)43(39(41)48)25-29-14-8-5-9-15-29/h4-19,22,27,35,38,45,49H,20-21,23-26H2,1-3H3/t27-,35+,38-,41+/m0/s1. The van der Waals surface area contributed by atoms with Gasteiger partial charge in [-0.1, -0.05) is 79.7 Å². The monoisotopic (exact) mass is 689 g/mol. The van der Waals surface area contributed by atoms with Crippen LogP contribution >= 0.6 is 0 Å². The molecule has 0 bridgehead atoms. The average molecular weight is 690 g/mol. The van der Waals surface area contributed by atoms with E-state index in [0.29, 0.717) is 34.9 Å².